The molecule has 5 rings (SSSR count). The lowest BCUT2D eigenvalue weighted by atomic mass is 10.1. The second-order valence-corrected chi connectivity index (χ2v) is 11.0. The van der Waals surface area contributed by atoms with E-state index in [4.69, 9.17) is 10.1 Å². The molecule has 4 aromatic rings. The predicted octanol–water partition coefficient (Wildman–Crippen LogP) is 3.55. The number of anilines is 1. The molecule has 40 heavy (non-hydrogen) atoms. The molecule has 1 fully saturated rings. The Balaban J connectivity index is 1.52. The van der Waals surface area contributed by atoms with E-state index in [2.05, 4.69) is 46.2 Å². The maximum atomic E-state index is 13.2. The first kappa shape index (κ1) is 27.7. The third kappa shape index (κ3) is 5.57. The van der Waals surface area contributed by atoms with E-state index in [-0.39, 0.29) is 23.8 Å². The van der Waals surface area contributed by atoms with Gasteiger partial charge in [0, 0.05) is 50.7 Å². The minimum atomic E-state index is -0.145. The highest BCUT2D eigenvalue weighted by Crippen LogP contribution is 2.36. The van der Waals surface area contributed by atoms with E-state index in [1.165, 1.54) is 0 Å². The quantitative estimate of drug-likeness (QED) is 0.305. The first-order valence-electron chi connectivity index (χ1n) is 13.8. The van der Waals surface area contributed by atoms with Crippen LogP contribution in [0.1, 0.15) is 37.6 Å². The molecule has 1 saturated heterocycles. The minimum absolute atomic E-state index is 0.0293. The van der Waals surface area contributed by atoms with E-state index in [1.54, 1.807) is 35.2 Å². The fourth-order valence-electron chi connectivity index (χ4n) is 5.33. The van der Waals surface area contributed by atoms with Crippen LogP contribution in [0, 0.1) is 5.92 Å². The summed E-state index contributed by atoms with van der Waals surface area (Å²) in [6, 6.07) is 9.76. The molecular weight excluding hydrogens is 524 g/mol. The molecule has 2 atom stereocenters. The topological polar surface area (TPSA) is 108 Å². The van der Waals surface area contributed by atoms with Gasteiger partial charge in [-0.3, -0.25) is 19.5 Å². The Bertz CT molecular complexity index is 1480. The van der Waals surface area contributed by atoms with E-state index in [0.717, 1.165) is 35.6 Å². The zero-order valence-corrected chi connectivity index (χ0v) is 24.2. The molecule has 0 bridgehead atoms. The van der Waals surface area contributed by atoms with Crippen LogP contribution >= 0.6 is 11.3 Å². The van der Waals surface area contributed by atoms with Gasteiger partial charge < -0.3 is 15.5 Å². The molecule has 1 aliphatic rings. The van der Waals surface area contributed by atoms with Crippen LogP contribution in [0.3, 0.4) is 0 Å². The van der Waals surface area contributed by atoms with Crippen molar-refractivity contribution in [3.8, 4) is 21.8 Å². The standard InChI is InChI=1S/C29H36N8O2S/c1-5-35(6-2)19(3)17-32-29(39)20-9-12-31-23(16-20)25-26-33-22(24-8-7-15-40-24)11-14-37(26)34-27(25)36-13-10-21(18-36)28(38)30-4/h7-9,11-12,14-16,19,21H,5-6,10,13,17-18H2,1-4H3,(H,30,38)(H,32,39)/t19-,21-/m0/s1. The van der Waals surface area contributed by atoms with Crippen LogP contribution in [0.15, 0.2) is 48.1 Å². The lowest BCUT2D eigenvalue weighted by molar-refractivity contribution is -0.123. The first-order chi connectivity index (χ1) is 19.4. The average molecular weight is 561 g/mol. The van der Waals surface area contributed by atoms with E-state index < -0.39 is 0 Å². The molecule has 2 amide bonds. The first-order valence-corrected chi connectivity index (χ1v) is 14.7. The molecule has 0 unspecified atom stereocenters. The molecule has 1 aliphatic heterocycles. The number of nitrogens with one attached hydrogen (secondary N) is 2. The number of rotatable bonds is 10. The number of nitrogens with zero attached hydrogens (tertiary/aromatic N) is 6. The number of amides is 2. The van der Waals surface area contributed by atoms with Crippen LogP contribution in [0.25, 0.3) is 27.5 Å². The number of hydrogen-bond donors (Lipinski definition) is 2. The Morgan fingerprint density at radius 2 is 2.02 bits per heavy atom. The summed E-state index contributed by atoms with van der Waals surface area (Å²) in [6.45, 7) is 10.0. The smallest absolute Gasteiger partial charge is 0.251 e. The zero-order chi connectivity index (χ0) is 28.2. The number of carbonyl (C=O) groups is 2. The van der Waals surface area contributed by atoms with Crippen LogP contribution in [-0.2, 0) is 4.79 Å². The summed E-state index contributed by atoms with van der Waals surface area (Å²) in [5, 5.41) is 12.8. The van der Waals surface area contributed by atoms with E-state index in [0.29, 0.717) is 42.4 Å². The summed E-state index contributed by atoms with van der Waals surface area (Å²) in [6.07, 6.45) is 4.30. The molecule has 210 valence electrons. The fourth-order valence-corrected chi connectivity index (χ4v) is 6.02. The molecule has 5 heterocycles. The van der Waals surface area contributed by atoms with Gasteiger partial charge in [-0.1, -0.05) is 19.9 Å². The van der Waals surface area contributed by atoms with Gasteiger partial charge in [0.25, 0.3) is 5.91 Å². The van der Waals surface area contributed by atoms with E-state index in [1.807, 2.05) is 35.8 Å². The van der Waals surface area contributed by atoms with Gasteiger partial charge >= 0.3 is 0 Å². The zero-order valence-electron chi connectivity index (χ0n) is 23.4. The van der Waals surface area contributed by atoms with Crippen LogP contribution in [0.4, 0.5) is 5.82 Å². The number of likely N-dealkylation sites (N-methyl/N-ethyl adjacent to an activating group) is 1. The second kappa shape index (κ2) is 12.1. The highest BCUT2D eigenvalue weighted by molar-refractivity contribution is 7.13. The molecule has 10 nitrogen and oxygen atoms in total. The molecule has 2 N–H and O–H groups in total. The molecule has 0 aliphatic carbocycles. The summed E-state index contributed by atoms with van der Waals surface area (Å²) in [5.74, 6) is 0.480. The molecule has 0 radical (unpaired) electrons. The van der Waals surface area contributed by atoms with Crippen molar-refractivity contribution >= 4 is 34.6 Å². The van der Waals surface area contributed by atoms with Gasteiger partial charge in [-0.25, -0.2) is 9.50 Å². The van der Waals surface area contributed by atoms with Crippen LogP contribution in [-0.4, -0.2) is 82.1 Å². The van der Waals surface area contributed by atoms with Crippen LogP contribution in [0.2, 0.25) is 0 Å². The number of aromatic nitrogens is 4. The van der Waals surface area contributed by atoms with E-state index in [9.17, 15) is 9.59 Å². The maximum Gasteiger partial charge on any atom is 0.251 e. The number of carbonyl (C=O) groups excluding carboxylic acids is 2. The van der Waals surface area contributed by atoms with Gasteiger partial charge in [0.1, 0.15) is 0 Å². The minimum Gasteiger partial charge on any atom is -0.359 e. The monoisotopic (exact) mass is 560 g/mol. The summed E-state index contributed by atoms with van der Waals surface area (Å²) < 4.78 is 1.76. The molecule has 4 aromatic heterocycles. The number of fused-ring (bicyclic) bond motifs is 1. The Labute approximate surface area is 238 Å². The lowest BCUT2D eigenvalue weighted by Crippen LogP contribution is -2.42. The van der Waals surface area contributed by atoms with Crippen molar-refractivity contribution in [2.45, 2.75) is 33.2 Å². The Kier molecular flexibility index (Phi) is 8.41. The highest BCUT2D eigenvalue weighted by atomic mass is 32.1. The Morgan fingerprint density at radius 3 is 2.75 bits per heavy atom. The summed E-state index contributed by atoms with van der Waals surface area (Å²) in [4.78, 5) is 40.7. The summed E-state index contributed by atoms with van der Waals surface area (Å²) in [7, 11) is 1.67. The van der Waals surface area contributed by atoms with Gasteiger partial charge in [-0.2, -0.15) is 0 Å². The second-order valence-electron chi connectivity index (χ2n) is 10.0. The van der Waals surface area contributed by atoms with Crippen molar-refractivity contribution in [3.63, 3.8) is 0 Å². The third-order valence-corrected chi connectivity index (χ3v) is 8.51. The van der Waals surface area contributed by atoms with Crippen molar-refractivity contribution in [2.75, 3.05) is 44.7 Å². The maximum absolute atomic E-state index is 13.2. The number of thiophene rings is 1. The molecular formula is C29H36N8O2S. The normalized spacial score (nSPS) is 16.0. The van der Waals surface area contributed by atoms with Crippen molar-refractivity contribution in [1.82, 2.24) is 35.1 Å². The number of hydrogen-bond acceptors (Lipinski definition) is 8. The Hall–Kier alpha value is -3.83. The third-order valence-electron chi connectivity index (χ3n) is 7.62. The van der Waals surface area contributed by atoms with Gasteiger partial charge in [-0.05, 0) is 56.1 Å². The van der Waals surface area contributed by atoms with Crippen LogP contribution < -0.4 is 15.5 Å². The van der Waals surface area contributed by atoms with Gasteiger partial charge in [0.15, 0.2) is 11.5 Å². The molecule has 0 saturated carbocycles. The van der Waals surface area contributed by atoms with Gasteiger partial charge in [-0.15, -0.1) is 16.4 Å². The summed E-state index contributed by atoms with van der Waals surface area (Å²) in [5.41, 5.74) is 3.40. The lowest BCUT2D eigenvalue weighted by Gasteiger charge is -2.26. The molecule has 11 heteroatoms. The molecule has 0 aromatic carbocycles. The van der Waals surface area contributed by atoms with Crippen molar-refractivity contribution in [1.29, 1.82) is 0 Å². The van der Waals surface area contributed by atoms with Gasteiger partial charge in [0.05, 0.1) is 27.7 Å². The fraction of sp³-hybridized carbons (Fsp3) is 0.414. The largest absolute Gasteiger partial charge is 0.359 e. The predicted molar refractivity (Wildman–Crippen MR) is 159 cm³/mol. The average Bonchev–Trinajstić information content (AvgIpc) is 3.75. The van der Waals surface area contributed by atoms with Crippen molar-refractivity contribution in [3.05, 3.63) is 53.7 Å². The van der Waals surface area contributed by atoms with Crippen LogP contribution in [0.5, 0.6) is 0 Å². The van der Waals surface area contributed by atoms with Crippen molar-refractivity contribution in [2.24, 2.45) is 5.92 Å². The Morgan fingerprint density at radius 1 is 1.20 bits per heavy atom. The van der Waals surface area contributed by atoms with Gasteiger partial charge in [0.2, 0.25) is 5.91 Å². The molecule has 0 spiro atoms. The SMILES string of the molecule is CCN(CC)[C@@H](C)CNC(=O)c1ccnc(-c2c(N3CC[C@H](C(=O)NC)C3)nn3ccc(-c4cccs4)nc23)c1. The van der Waals surface area contributed by atoms with E-state index >= 15 is 0 Å². The highest BCUT2D eigenvalue weighted by Gasteiger charge is 2.32. The summed E-state index contributed by atoms with van der Waals surface area (Å²) >= 11 is 1.62. The van der Waals surface area contributed by atoms with Crippen molar-refractivity contribution < 1.29 is 9.59 Å². The number of pyridine rings is 1.